The molecule has 1 aliphatic rings. The number of nitrogens with zero attached hydrogens (tertiary/aromatic N) is 1. The van der Waals surface area contributed by atoms with Crippen LogP contribution in [-0.2, 0) is 11.2 Å². The molecule has 0 radical (unpaired) electrons. The van der Waals surface area contributed by atoms with Crippen molar-refractivity contribution in [1.82, 2.24) is 10.3 Å². The van der Waals surface area contributed by atoms with E-state index in [-0.39, 0.29) is 24.2 Å². The summed E-state index contributed by atoms with van der Waals surface area (Å²) in [4.78, 5) is 17.8. The minimum atomic E-state index is 0. The zero-order chi connectivity index (χ0) is 17.1. The summed E-state index contributed by atoms with van der Waals surface area (Å²) in [7, 11) is 0. The Morgan fingerprint density at radius 2 is 2.28 bits per heavy atom. The molecular formula is C18H23Cl2N3OS. The van der Waals surface area contributed by atoms with Crippen LogP contribution in [0.2, 0.25) is 5.02 Å². The number of hydrogen-bond donors (Lipinski definition) is 2. The van der Waals surface area contributed by atoms with Gasteiger partial charge in [0.25, 0.3) is 0 Å². The molecule has 4 nitrogen and oxygen atoms in total. The van der Waals surface area contributed by atoms with E-state index in [1.807, 2.05) is 25.3 Å². The van der Waals surface area contributed by atoms with E-state index in [1.54, 1.807) is 0 Å². The number of benzene rings is 1. The third-order valence-electron chi connectivity index (χ3n) is 4.39. The van der Waals surface area contributed by atoms with E-state index < -0.39 is 0 Å². The topological polar surface area (TPSA) is 54.0 Å². The Morgan fingerprint density at radius 1 is 1.48 bits per heavy atom. The van der Waals surface area contributed by atoms with Crippen LogP contribution in [0.15, 0.2) is 24.4 Å². The molecule has 2 aromatic rings. The van der Waals surface area contributed by atoms with Gasteiger partial charge in [0.15, 0.2) is 5.13 Å². The molecular weight excluding hydrogens is 377 g/mol. The SMILES string of the molecule is Cc1ccc(Cc2cnc(NC(=O)[C@H]3CCN[C@@H](C)C3)s2)cc1Cl.Cl. The minimum Gasteiger partial charge on any atom is -0.314 e. The van der Waals surface area contributed by atoms with E-state index in [4.69, 9.17) is 11.6 Å². The first-order chi connectivity index (χ1) is 11.5. The third-order valence-corrected chi connectivity index (χ3v) is 5.71. The lowest BCUT2D eigenvalue weighted by Gasteiger charge is -2.26. The van der Waals surface area contributed by atoms with E-state index in [2.05, 4.69) is 28.6 Å². The molecule has 136 valence electrons. The number of carbonyl (C=O) groups is 1. The van der Waals surface area contributed by atoms with Crippen molar-refractivity contribution < 1.29 is 4.79 Å². The van der Waals surface area contributed by atoms with Gasteiger partial charge >= 0.3 is 0 Å². The van der Waals surface area contributed by atoms with Gasteiger partial charge in [-0.3, -0.25) is 4.79 Å². The van der Waals surface area contributed by atoms with Crippen LogP contribution in [0.4, 0.5) is 5.13 Å². The molecule has 0 unspecified atom stereocenters. The number of aromatic nitrogens is 1. The Morgan fingerprint density at radius 3 is 3.00 bits per heavy atom. The lowest BCUT2D eigenvalue weighted by molar-refractivity contribution is -0.120. The Balaban J connectivity index is 0.00000225. The number of anilines is 1. The van der Waals surface area contributed by atoms with Crippen molar-refractivity contribution in [3.8, 4) is 0 Å². The number of carbonyl (C=O) groups excluding carboxylic acids is 1. The van der Waals surface area contributed by atoms with Gasteiger partial charge in [-0.25, -0.2) is 4.98 Å². The molecule has 1 saturated heterocycles. The maximum Gasteiger partial charge on any atom is 0.229 e. The summed E-state index contributed by atoms with van der Waals surface area (Å²) in [5.41, 5.74) is 2.23. The molecule has 2 heterocycles. The summed E-state index contributed by atoms with van der Waals surface area (Å²) >= 11 is 7.71. The second-order valence-corrected chi connectivity index (χ2v) is 7.98. The average molecular weight is 400 g/mol. The normalized spacial score (nSPS) is 20.0. The van der Waals surface area contributed by atoms with Gasteiger partial charge in [-0.05, 0) is 50.4 Å². The number of hydrogen-bond acceptors (Lipinski definition) is 4. The number of thiazole rings is 1. The Labute approximate surface area is 163 Å². The molecule has 1 fully saturated rings. The Hall–Kier alpha value is -1.14. The van der Waals surface area contributed by atoms with Crippen LogP contribution in [0, 0.1) is 12.8 Å². The highest BCUT2D eigenvalue weighted by atomic mass is 35.5. The van der Waals surface area contributed by atoms with Crippen molar-refractivity contribution in [1.29, 1.82) is 0 Å². The van der Waals surface area contributed by atoms with Gasteiger partial charge in [0.1, 0.15) is 0 Å². The van der Waals surface area contributed by atoms with E-state index in [0.717, 1.165) is 46.8 Å². The fourth-order valence-electron chi connectivity index (χ4n) is 2.97. The summed E-state index contributed by atoms with van der Waals surface area (Å²) < 4.78 is 0. The predicted molar refractivity (Wildman–Crippen MR) is 107 cm³/mol. The number of rotatable bonds is 4. The second-order valence-electron chi connectivity index (χ2n) is 6.46. The molecule has 7 heteroatoms. The fraction of sp³-hybridized carbons (Fsp3) is 0.444. The highest BCUT2D eigenvalue weighted by Gasteiger charge is 2.25. The molecule has 0 bridgehead atoms. The van der Waals surface area contributed by atoms with Crippen LogP contribution in [0.5, 0.6) is 0 Å². The van der Waals surface area contributed by atoms with Crippen LogP contribution in [0.25, 0.3) is 0 Å². The summed E-state index contributed by atoms with van der Waals surface area (Å²) in [5, 5.41) is 7.80. The van der Waals surface area contributed by atoms with Gasteiger partial charge in [0.05, 0.1) is 0 Å². The molecule has 0 spiro atoms. The predicted octanol–water partition coefficient (Wildman–Crippen LogP) is 4.44. The molecule has 1 aliphatic heterocycles. The molecule has 0 aliphatic carbocycles. The van der Waals surface area contributed by atoms with Crippen LogP contribution in [0.1, 0.15) is 35.8 Å². The van der Waals surface area contributed by atoms with Crippen LogP contribution < -0.4 is 10.6 Å². The molecule has 25 heavy (non-hydrogen) atoms. The van der Waals surface area contributed by atoms with Gasteiger partial charge in [-0.15, -0.1) is 23.7 Å². The second kappa shape index (κ2) is 8.99. The van der Waals surface area contributed by atoms with Crippen molar-refractivity contribution in [3.63, 3.8) is 0 Å². The highest BCUT2D eigenvalue weighted by molar-refractivity contribution is 7.15. The van der Waals surface area contributed by atoms with E-state index in [0.29, 0.717) is 11.2 Å². The van der Waals surface area contributed by atoms with Gasteiger partial charge in [0.2, 0.25) is 5.91 Å². The molecule has 1 aromatic carbocycles. The third kappa shape index (κ3) is 5.42. The number of aryl methyl sites for hydroxylation is 1. The lowest BCUT2D eigenvalue weighted by Crippen LogP contribution is -2.40. The van der Waals surface area contributed by atoms with E-state index >= 15 is 0 Å². The minimum absolute atomic E-state index is 0. The fourth-order valence-corrected chi connectivity index (χ4v) is 4.02. The largest absolute Gasteiger partial charge is 0.314 e. The van der Waals surface area contributed by atoms with E-state index in [1.165, 1.54) is 11.3 Å². The standard InChI is InChI=1S/C18H22ClN3OS.ClH/c1-11-3-4-13(9-16(11)19)8-15-10-21-18(24-15)22-17(23)14-5-6-20-12(2)7-14;/h3-4,9-10,12,14,20H,5-8H2,1-2H3,(H,21,22,23);1H/t12-,14-;/m0./s1. The van der Waals surface area contributed by atoms with E-state index in [9.17, 15) is 4.79 Å². The summed E-state index contributed by atoms with van der Waals surface area (Å²) in [6.45, 7) is 5.01. The molecule has 1 aromatic heterocycles. The van der Waals surface area contributed by atoms with Crippen molar-refractivity contribution in [3.05, 3.63) is 45.4 Å². The number of nitrogens with one attached hydrogen (secondary N) is 2. The zero-order valence-corrected chi connectivity index (χ0v) is 16.7. The maximum absolute atomic E-state index is 12.4. The molecule has 3 rings (SSSR count). The van der Waals surface area contributed by atoms with Gasteiger partial charge < -0.3 is 10.6 Å². The van der Waals surface area contributed by atoms with Crippen molar-refractivity contribution in [2.75, 3.05) is 11.9 Å². The van der Waals surface area contributed by atoms with Crippen molar-refractivity contribution >= 4 is 46.4 Å². The summed E-state index contributed by atoms with van der Waals surface area (Å²) in [6.07, 6.45) is 4.37. The number of piperidine rings is 1. The summed E-state index contributed by atoms with van der Waals surface area (Å²) in [6, 6.07) is 6.49. The molecule has 0 saturated carbocycles. The van der Waals surface area contributed by atoms with Gasteiger partial charge in [-0.2, -0.15) is 0 Å². The first kappa shape index (κ1) is 20.2. The van der Waals surface area contributed by atoms with Crippen LogP contribution >= 0.6 is 35.3 Å². The number of amides is 1. The molecule has 2 atom stereocenters. The zero-order valence-electron chi connectivity index (χ0n) is 14.3. The highest BCUT2D eigenvalue weighted by Crippen LogP contribution is 2.25. The van der Waals surface area contributed by atoms with Crippen LogP contribution in [-0.4, -0.2) is 23.5 Å². The average Bonchev–Trinajstić information content (AvgIpc) is 2.98. The summed E-state index contributed by atoms with van der Waals surface area (Å²) in [5.74, 6) is 0.159. The lowest BCUT2D eigenvalue weighted by atomic mass is 9.93. The Bertz CT molecular complexity index is 735. The van der Waals surface area contributed by atoms with Gasteiger partial charge in [0, 0.05) is 34.5 Å². The Kier molecular flexibility index (Phi) is 7.25. The first-order valence-electron chi connectivity index (χ1n) is 8.25. The quantitative estimate of drug-likeness (QED) is 0.798. The smallest absolute Gasteiger partial charge is 0.229 e. The van der Waals surface area contributed by atoms with Crippen LogP contribution in [0.3, 0.4) is 0 Å². The number of halogens is 2. The first-order valence-corrected chi connectivity index (χ1v) is 9.44. The maximum atomic E-state index is 12.4. The molecule has 1 amide bonds. The van der Waals surface area contributed by atoms with Crippen molar-refractivity contribution in [2.24, 2.45) is 5.92 Å². The monoisotopic (exact) mass is 399 g/mol. The molecule has 2 N–H and O–H groups in total. The van der Waals surface area contributed by atoms with Crippen molar-refractivity contribution in [2.45, 2.75) is 39.2 Å². The van der Waals surface area contributed by atoms with Gasteiger partial charge in [-0.1, -0.05) is 23.7 Å².